The average Bonchev–Trinajstić information content (AvgIpc) is 3.49. The SMILES string of the molecule is CSNc1ccn(C(=O)N2CCC3(CCCN3Cc3cccc(N4CCOCC4)c3Cl)CC2)n1. The lowest BCUT2D eigenvalue weighted by Crippen LogP contribution is -2.53. The van der Waals surface area contributed by atoms with Gasteiger partial charge in [0.2, 0.25) is 0 Å². The number of anilines is 2. The molecule has 10 heteroatoms. The van der Waals surface area contributed by atoms with Gasteiger partial charge < -0.3 is 19.3 Å². The highest BCUT2D eigenvalue weighted by Crippen LogP contribution is 2.41. The predicted octanol–water partition coefficient (Wildman–Crippen LogP) is 4.16. The zero-order chi connectivity index (χ0) is 23.5. The number of halogens is 1. The number of carbonyl (C=O) groups excluding carboxylic acids is 1. The first-order chi connectivity index (χ1) is 16.6. The van der Waals surface area contributed by atoms with E-state index in [-0.39, 0.29) is 11.6 Å². The van der Waals surface area contributed by atoms with E-state index in [2.05, 4.69) is 37.8 Å². The summed E-state index contributed by atoms with van der Waals surface area (Å²) in [7, 11) is 0. The second-order valence-electron chi connectivity index (χ2n) is 9.32. The van der Waals surface area contributed by atoms with E-state index in [1.165, 1.54) is 35.0 Å². The first-order valence-electron chi connectivity index (χ1n) is 12.1. The van der Waals surface area contributed by atoms with Crippen molar-refractivity contribution in [3.63, 3.8) is 0 Å². The molecule has 0 bridgehead atoms. The van der Waals surface area contributed by atoms with Crippen molar-refractivity contribution in [3.8, 4) is 0 Å². The van der Waals surface area contributed by atoms with Crippen molar-refractivity contribution in [2.24, 2.45) is 0 Å². The van der Waals surface area contributed by atoms with E-state index in [1.807, 2.05) is 17.2 Å². The van der Waals surface area contributed by atoms with Crippen molar-refractivity contribution in [2.45, 2.75) is 37.8 Å². The average molecular weight is 505 g/mol. The number of benzene rings is 1. The third kappa shape index (κ3) is 4.76. The molecule has 5 rings (SSSR count). The first-order valence-corrected chi connectivity index (χ1v) is 13.7. The fraction of sp³-hybridized carbons (Fsp3) is 0.583. The number of amides is 1. The molecule has 2 aromatic rings. The number of piperidine rings is 1. The van der Waals surface area contributed by atoms with Crippen LogP contribution in [0.5, 0.6) is 0 Å². The zero-order valence-electron chi connectivity index (χ0n) is 19.7. The second kappa shape index (κ2) is 10.4. The molecular formula is C24H33ClN6O2S. The molecule has 3 fully saturated rings. The Balaban J connectivity index is 1.24. The number of rotatable bonds is 5. The van der Waals surface area contributed by atoms with Crippen molar-refractivity contribution < 1.29 is 9.53 Å². The van der Waals surface area contributed by atoms with Crippen LogP contribution in [0.4, 0.5) is 16.3 Å². The lowest BCUT2D eigenvalue weighted by atomic mass is 9.84. The minimum atomic E-state index is -0.0465. The Kier molecular flexibility index (Phi) is 7.24. The smallest absolute Gasteiger partial charge is 0.344 e. The van der Waals surface area contributed by atoms with Gasteiger partial charge in [-0.3, -0.25) is 4.90 Å². The Morgan fingerprint density at radius 1 is 1.15 bits per heavy atom. The van der Waals surface area contributed by atoms with Crippen LogP contribution in [0.3, 0.4) is 0 Å². The van der Waals surface area contributed by atoms with Crippen LogP contribution in [0.1, 0.15) is 31.2 Å². The highest BCUT2D eigenvalue weighted by atomic mass is 35.5. The Morgan fingerprint density at radius 2 is 1.94 bits per heavy atom. The molecule has 3 saturated heterocycles. The fourth-order valence-electron chi connectivity index (χ4n) is 5.60. The van der Waals surface area contributed by atoms with Gasteiger partial charge in [-0.25, -0.2) is 4.79 Å². The zero-order valence-corrected chi connectivity index (χ0v) is 21.3. The van der Waals surface area contributed by atoms with Gasteiger partial charge in [-0.1, -0.05) is 35.7 Å². The van der Waals surface area contributed by atoms with E-state index in [9.17, 15) is 4.79 Å². The van der Waals surface area contributed by atoms with Crippen molar-refractivity contribution in [1.82, 2.24) is 19.6 Å². The Hall–Kier alpha value is -1.94. The highest BCUT2D eigenvalue weighted by Gasteiger charge is 2.44. The van der Waals surface area contributed by atoms with Crippen LogP contribution in [0, 0.1) is 0 Å². The lowest BCUT2D eigenvalue weighted by molar-refractivity contribution is 0.0585. The maximum Gasteiger partial charge on any atom is 0.344 e. The molecule has 4 heterocycles. The Bertz CT molecular complexity index is 1000. The number of likely N-dealkylation sites (tertiary alicyclic amines) is 2. The summed E-state index contributed by atoms with van der Waals surface area (Å²) in [5.74, 6) is 0.701. The van der Waals surface area contributed by atoms with Gasteiger partial charge in [-0.2, -0.15) is 4.68 Å². The molecule has 3 aliphatic heterocycles. The van der Waals surface area contributed by atoms with E-state index in [1.54, 1.807) is 6.20 Å². The van der Waals surface area contributed by atoms with E-state index in [0.29, 0.717) is 5.82 Å². The fourth-order valence-corrected chi connectivity index (χ4v) is 6.22. The molecule has 1 aromatic heterocycles. The standard InChI is InChI=1S/C24H33ClN6O2S/c1-34-27-21-6-11-31(26-21)23(32)29-12-8-24(9-13-29)7-3-10-30(24)18-19-4-2-5-20(22(19)25)28-14-16-33-17-15-28/h2,4-6,11H,3,7-10,12-18H2,1H3,(H,26,27). The van der Waals surface area contributed by atoms with Gasteiger partial charge in [-0.15, -0.1) is 5.10 Å². The third-order valence-electron chi connectivity index (χ3n) is 7.47. The van der Waals surface area contributed by atoms with E-state index in [0.717, 1.165) is 76.0 Å². The monoisotopic (exact) mass is 504 g/mol. The summed E-state index contributed by atoms with van der Waals surface area (Å²) in [6.07, 6.45) is 8.01. The molecule has 0 radical (unpaired) electrons. The summed E-state index contributed by atoms with van der Waals surface area (Å²) in [5.41, 5.74) is 2.45. The van der Waals surface area contributed by atoms with Crippen LogP contribution in [0.2, 0.25) is 5.02 Å². The molecule has 1 spiro atoms. The minimum Gasteiger partial charge on any atom is -0.378 e. The number of morpholine rings is 1. The van der Waals surface area contributed by atoms with Gasteiger partial charge in [0, 0.05) is 56.8 Å². The number of hydrogen-bond donors (Lipinski definition) is 1. The van der Waals surface area contributed by atoms with Crippen molar-refractivity contribution in [2.75, 3.05) is 61.8 Å². The predicted molar refractivity (Wildman–Crippen MR) is 138 cm³/mol. The second-order valence-corrected chi connectivity index (χ2v) is 10.3. The minimum absolute atomic E-state index is 0.0465. The lowest BCUT2D eigenvalue weighted by Gasteiger charge is -2.45. The van der Waals surface area contributed by atoms with Gasteiger partial charge in [-0.05, 0) is 43.9 Å². The molecule has 1 aromatic carbocycles. The van der Waals surface area contributed by atoms with Crippen LogP contribution < -0.4 is 9.62 Å². The van der Waals surface area contributed by atoms with Gasteiger partial charge in [0.25, 0.3) is 0 Å². The molecule has 0 aliphatic carbocycles. The normalized spacial score (nSPS) is 20.8. The number of hydrogen-bond acceptors (Lipinski definition) is 7. The molecule has 184 valence electrons. The van der Waals surface area contributed by atoms with Crippen LogP contribution >= 0.6 is 23.5 Å². The topological polar surface area (TPSA) is 65.9 Å². The van der Waals surface area contributed by atoms with E-state index < -0.39 is 0 Å². The van der Waals surface area contributed by atoms with Gasteiger partial charge in [0.1, 0.15) is 0 Å². The number of nitrogens with one attached hydrogen (secondary N) is 1. The highest BCUT2D eigenvalue weighted by molar-refractivity contribution is 7.99. The number of carbonyl (C=O) groups is 1. The third-order valence-corrected chi connectivity index (χ3v) is 8.32. The number of nitrogens with zero attached hydrogens (tertiary/aromatic N) is 5. The molecule has 1 amide bonds. The van der Waals surface area contributed by atoms with Crippen LogP contribution in [-0.2, 0) is 11.3 Å². The summed E-state index contributed by atoms with van der Waals surface area (Å²) < 4.78 is 10.0. The quantitative estimate of drug-likeness (QED) is 0.613. The largest absolute Gasteiger partial charge is 0.378 e. The molecule has 0 atom stereocenters. The van der Waals surface area contributed by atoms with Crippen LogP contribution in [0.15, 0.2) is 30.5 Å². The van der Waals surface area contributed by atoms with Gasteiger partial charge >= 0.3 is 6.03 Å². The van der Waals surface area contributed by atoms with Crippen molar-refractivity contribution >= 4 is 41.1 Å². The maximum atomic E-state index is 13.0. The molecule has 3 aliphatic rings. The number of ether oxygens (including phenoxy) is 1. The maximum absolute atomic E-state index is 13.0. The molecule has 34 heavy (non-hydrogen) atoms. The summed E-state index contributed by atoms with van der Waals surface area (Å²) in [6, 6.07) is 8.19. The van der Waals surface area contributed by atoms with Crippen molar-refractivity contribution in [3.05, 3.63) is 41.0 Å². The van der Waals surface area contributed by atoms with Crippen LogP contribution in [-0.4, -0.2) is 83.3 Å². The van der Waals surface area contributed by atoms with E-state index in [4.69, 9.17) is 16.3 Å². The summed E-state index contributed by atoms with van der Waals surface area (Å²) >= 11 is 8.39. The number of aromatic nitrogens is 2. The summed E-state index contributed by atoms with van der Waals surface area (Å²) in [6.45, 7) is 6.70. The Labute approximate surface area is 210 Å². The molecule has 1 N–H and O–H groups in total. The Morgan fingerprint density at radius 3 is 2.71 bits per heavy atom. The van der Waals surface area contributed by atoms with Crippen LogP contribution in [0.25, 0.3) is 0 Å². The first kappa shape index (κ1) is 23.8. The van der Waals surface area contributed by atoms with Gasteiger partial charge in [0.05, 0.1) is 23.9 Å². The summed E-state index contributed by atoms with van der Waals surface area (Å²) in [4.78, 5) is 19.9. The van der Waals surface area contributed by atoms with Crippen molar-refractivity contribution in [1.29, 1.82) is 0 Å². The van der Waals surface area contributed by atoms with E-state index >= 15 is 0 Å². The molecular weight excluding hydrogens is 472 g/mol. The van der Waals surface area contributed by atoms with Gasteiger partial charge in [0.15, 0.2) is 5.82 Å². The molecule has 0 unspecified atom stereocenters. The summed E-state index contributed by atoms with van der Waals surface area (Å²) in [5, 5.41) is 5.22. The molecule has 8 nitrogen and oxygen atoms in total. The molecule has 0 saturated carbocycles.